The van der Waals surface area contributed by atoms with Crippen LogP contribution in [0.1, 0.15) is 0 Å². The van der Waals surface area contributed by atoms with Gasteiger partial charge in [-0.05, 0) is 0 Å². The van der Waals surface area contributed by atoms with E-state index in [1.165, 1.54) is 0 Å². The second-order valence-electron chi connectivity index (χ2n) is 0.408. The standard InChI is InChI=1S/2Mo.2H3Si/h;;2*1H3. The maximum absolute atomic E-state index is 1.56. The van der Waals surface area contributed by atoms with Gasteiger partial charge in [0.1, 0.15) is 0 Å². The van der Waals surface area contributed by atoms with Crippen molar-refractivity contribution in [2.45, 2.75) is 0 Å². The summed E-state index contributed by atoms with van der Waals surface area (Å²) < 4.78 is 0. The molecule has 0 atom stereocenters. The average Bonchev–Trinajstić information content (AvgIpc) is 0.918. The summed E-state index contributed by atoms with van der Waals surface area (Å²) in [7, 11) is 3.12. The quantitative estimate of drug-likeness (QED) is 0.424. The molecule has 0 aliphatic carbocycles. The van der Waals surface area contributed by atoms with E-state index in [0.717, 1.165) is 17.1 Å². The van der Waals surface area contributed by atoms with Gasteiger partial charge in [0.05, 0.1) is 0 Å². The fourth-order valence-electron chi connectivity index (χ4n) is 0. The van der Waals surface area contributed by atoms with E-state index in [1.54, 1.807) is 16.4 Å². The molecule has 4 heavy (non-hydrogen) atoms. The van der Waals surface area contributed by atoms with E-state index in [0.29, 0.717) is 0 Å². The summed E-state index contributed by atoms with van der Waals surface area (Å²) in [5.41, 5.74) is 0. The summed E-state index contributed by atoms with van der Waals surface area (Å²) in [6.45, 7) is 0. The van der Waals surface area contributed by atoms with E-state index in [-0.39, 0.29) is 21.1 Å². The third kappa shape index (κ3) is 9.18. The summed E-state index contributed by atoms with van der Waals surface area (Å²) in [5.74, 6) is 0. The van der Waals surface area contributed by atoms with Crippen molar-refractivity contribution in [1.29, 1.82) is 0 Å². The van der Waals surface area contributed by atoms with Crippen molar-refractivity contribution in [3.63, 3.8) is 0 Å². The molecule has 0 aromatic heterocycles. The molecule has 0 aliphatic heterocycles. The summed E-state index contributed by atoms with van der Waals surface area (Å²) in [4.78, 5) is 0. The van der Waals surface area contributed by atoms with Crippen LogP contribution < -0.4 is 0 Å². The van der Waals surface area contributed by atoms with E-state index in [1.807, 2.05) is 0 Å². The Labute approximate surface area is 54.2 Å². The first kappa shape index (κ1) is 9.26. The molecule has 0 heterocycles. The van der Waals surface area contributed by atoms with Crippen molar-refractivity contribution in [2.24, 2.45) is 0 Å². The summed E-state index contributed by atoms with van der Waals surface area (Å²) >= 11 is 0.748. The molecule has 0 aromatic carbocycles. The van der Waals surface area contributed by atoms with E-state index in [9.17, 15) is 0 Å². The zero-order chi connectivity index (χ0) is 2.71. The first-order valence-corrected chi connectivity index (χ1v) is 14.5. The number of rotatable bonds is 0. The van der Waals surface area contributed by atoms with Crippen molar-refractivity contribution < 1.29 is 38.2 Å². The Morgan fingerprint density at radius 3 is 1.25 bits per heavy atom. The first-order valence-electron chi connectivity index (χ1n) is 0.816. The Morgan fingerprint density at radius 1 is 1.25 bits per heavy atom. The molecule has 0 bridgehead atoms. The van der Waals surface area contributed by atoms with Crippen LogP contribution in [0.15, 0.2) is 0 Å². The molecule has 0 radical (unpaired) electrons. The van der Waals surface area contributed by atoms with Gasteiger partial charge in [-0.25, -0.2) is 0 Å². The van der Waals surface area contributed by atoms with Gasteiger partial charge in [0, 0.05) is 21.1 Å². The predicted molar refractivity (Wildman–Crippen MR) is 19.9 cm³/mol. The van der Waals surface area contributed by atoms with Crippen LogP contribution in [0.5, 0.6) is 0 Å². The second-order valence-corrected chi connectivity index (χ2v) is 21.7. The summed E-state index contributed by atoms with van der Waals surface area (Å²) in [6.07, 6.45) is 0. The molecule has 0 rings (SSSR count). The van der Waals surface area contributed by atoms with Crippen LogP contribution in [0.25, 0.3) is 0 Å². The molecule has 0 saturated carbocycles. The zero-order valence-electron chi connectivity index (χ0n) is 2.82. The SMILES string of the molecule is [Mo].[SiH3][Mo][SiH3]. The zero-order valence-corrected chi connectivity index (χ0v) is 10.8. The third-order valence-corrected chi connectivity index (χ3v) is 0. The van der Waals surface area contributed by atoms with Gasteiger partial charge in [-0.1, -0.05) is 0 Å². The molecule has 0 aliphatic rings. The average molecular weight is 254 g/mol. The number of hydrogen-bond donors (Lipinski definition) is 0. The van der Waals surface area contributed by atoms with Gasteiger partial charge >= 0.3 is 33.5 Å². The molecule has 26 valence electrons. The van der Waals surface area contributed by atoms with Crippen LogP contribution in [0, 0.1) is 0 Å². The van der Waals surface area contributed by atoms with Gasteiger partial charge in [0.15, 0.2) is 0 Å². The van der Waals surface area contributed by atoms with Crippen LogP contribution in [-0.2, 0) is 38.2 Å². The third-order valence-electron chi connectivity index (χ3n) is 0. The fraction of sp³-hybridized carbons (Fsp3) is 0. The van der Waals surface area contributed by atoms with E-state index < -0.39 is 0 Å². The Morgan fingerprint density at radius 2 is 1.25 bits per heavy atom. The molecule has 0 nitrogen and oxygen atoms in total. The molecule has 0 saturated heterocycles. The van der Waals surface area contributed by atoms with Crippen molar-refractivity contribution >= 4 is 16.4 Å². The minimum absolute atomic E-state index is 0. The Hall–Kier alpha value is 1.81. The van der Waals surface area contributed by atoms with Gasteiger partial charge in [0.2, 0.25) is 0 Å². The summed E-state index contributed by atoms with van der Waals surface area (Å²) in [5, 5.41) is 0. The fourth-order valence-corrected chi connectivity index (χ4v) is 0. The van der Waals surface area contributed by atoms with Crippen LogP contribution >= 0.6 is 0 Å². The minimum atomic E-state index is 0. The van der Waals surface area contributed by atoms with Gasteiger partial charge in [-0.15, -0.1) is 0 Å². The van der Waals surface area contributed by atoms with Crippen molar-refractivity contribution in [3.05, 3.63) is 0 Å². The maximum atomic E-state index is 1.56. The normalized spacial score (nSPS) is 6.00. The molecule has 0 N–H and O–H groups in total. The van der Waals surface area contributed by atoms with Crippen LogP contribution in [0.2, 0.25) is 0 Å². The molecular formula is H6Mo2Si2. The molecule has 0 fully saturated rings. The van der Waals surface area contributed by atoms with Gasteiger partial charge in [0.25, 0.3) is 0 Å². The molecule has 0 aromatic rings. The van der Waals surface area contributed by atoms with E-state index in [4.69, 9.17) is 0 Å². The number of hydrogen-bond acceptors (Lipinski definition) is 0. The molecule has 4 heteroatoms. The van der Waals surface area contributed by atoms with Crippen LogP contribution in [0.3, 0.4) is 0 Å². The Kier molecular flexibility index (Phi) is 20.5. The second kappa shape index (κ2) is 8.84. The van der Waals surface area contributed by atoms with Gasteiger partial charge in [-0.2, -0.15) is 0 Å². The first-order chi connectivity index (χ1) is 1.41. The van der Waals surface area contributed by atoms with Gasteiger partial charge in [-0.3, -0.25) is 0 Å². The molecule has 0 unspecified atom stereocenters. The summed E-state index contributed by atoms with van der Waals surface area (Å²) in [6, 6.07) is 0. The van der Waals surface area contributed by atoms with E-state index >= 15 is 0 Å². The van der Waals surface area contributed by atoms with Crippen molar-refractivity contribution in [3.8, 4) is 0 Å². The molecule has 0 amide bonds. The Bertz CT molecular complexity index is 4.00. The van der Waals surface area contributed by atoms with Crippen LogP contribution in [-0.4, -0.2) is 16.4 Å². The van der Waals surface area contributed by atoms with Crippen molar-refractivity contribution in [2.75, 3.05) is 0 Å². The molecule has 0 spiro atoms. The van der Waals surface area contributed by atoms with Crippen LogP contribution in [0.4, 0.5) is 0 Å². The predicted octanol–water partition coefficient (Wildman–Crippen LogP) is -2.37. The Balaban J connectivity index is 0. The molecular weight excluding hydrogens is 248 g/mol. The van der Waals surface area contributed by atoms with Crippen molar-refractivity contribution in [1.82, 2.24) is 0 Å². The van der Waals surface area contributed by atoms with Gasteiger partial charge < -0.3 is 0 Å². The monoisotopic (exact) mass is 258 g/mol. The van der Waals surface area contributed by atoms with E-state index in [2.05, 4.69) is 0 Å². The topological polar surface area (TPSA) is 0 Å².